The molecule has 0 bridgehead atoms. The second kappa shape index (κ2) is 57.0. The minimum atomic E-state index is -4.37. The fourth-order valence-electron chi connectivity index (χ4n) is 8.55. The van der Waals surface area contributed by atoms with Crippen LogP contribution in [0.15, 0.2) is 60.8 Å². The number of allylic oxidation sites excluding steroid dienone is 10. The molecule has 2 unspecified atom stereocenters. The first kappa shape index (κ1) is 68.7. The minimum Gasteiger partial charge on any atom is -0.462 e. The number of rotatable bonds is 56. The molecule has 0 aromatic heterocycles. The molecule has 0 fully saturated rings. The van der Waals surface area contributed by atoms with Crippen LogP contribution in [0.3, 0.4) is 0 Å². The van der Waals surface area contributed by atoms with E-state index in [1.807, 2.05) is 0 Å². The monoisotopic (exact) mass is 1020 g/mol. The Kier molecular flexibility index (Phi) is 55.2. The molecular formula is C61H112NO8P. The van der Waals surface area contributed by atoms with Gasteiger partial charge >= 0.3 is 19.8 Å². The maximum absolute atomic E-state index is 12.6. The summed E-state index contributed by atoms with van der Waals surface area (Å²) >= 11 is 0. The first-order valence-electron chi connectivity index (χ1n) is 29.8. The Labute approximate surface area is 438 Å². The standard InChI is InChI=1S/C61H112NO8P/c1-3-5-7-9-11-13-14-15-16-17-18-19-20-21-22-23-24-25-26-27-28-29-30-31-32-33-34-35-36-37-38-39-40-41-42-43-44-46-48-50-52-54-61(64)70-59(58-69-71(65,66)68-56-55-62)57-67-60(63)53-51-49-47-45-12-10-8-6-4-2/h5,7,11,13,15-16,18-19,21-22,59H,3-4,6,8-10,12,14,17,20,23-58,62H2,1-2H3,(H,65,66)/b7-5-,13-11-,16-15-,19-18-,22-21-. The largest absolute Gasteiger partial charge is 0.472 e. The van der Waals surface area contributed by atoms with Crippen LogP contribution in [0, 0.1) is 0 Å². The predicted molar refractivity (Wildman–Crippen MR) is 303 cm³/mol. The van der Waals surface area contributed by atoms with Crippen LogP contribution >= 0.6 is 7.82 Å². The SMILES string of the molecule is CC/C=C\C/C=C\C/C=C\C/C=C\C/C=C\CCCCCCCCCCCCCCCCCCCCCCCCCCCC(=O)OC(COC(=O)CCCCCCCCCCC)COP(=O)(O)OCCN. The smallest absolute Gasteiger partial charge is 0.462 e. The first-order valence-corrected chi connectivity index (χ1v) is 31.3. The van der Waals surface area contributed by atoms with Gasteiger partial charge in [0, 0.05) is 19.4 Å². The van der Waals surface area contributed by atoms with Crippen molar-refractivity contribution in [3.8, 4) is 0 Å². The second-order valence-electron chi connectivity index (χ2n) is 19.8. The third kappa shape index (κ3) is 56.9. The summed E-state index contributed by atoms with van der Waals surface area (Å²) in [6.07, 6.45) is 71.9. The van der Waals surface area contributed by atoms with Crippen molar-refractivity contribution < 1.29 is 37.6 Å². The fraction of sp³-hybridized carbons (Fsp3) is 0.803. The maximum Gasteiger partial charge on any atom is 0.472 e. The summed E-state index contributed by atoms with van der Waals surface area (Å²) < 4.78 is 32.9. The Morgan fingerprint density at radius 2 is 0.775 bits per heavy atom. The molecule has 10 heteroatoms. The van der Waals surface area contributed by atoms with Crippen molar-refractivity contribution in [2.45, 2.75) is 290 Å². The van der Waals surface area contributed by atoms with Crippen LogP contribution in [0.4, 0.5) is 0 Å². The highest BCUT2D eigenvalue weighted by atomic mass is 31.2. The first-order chi connectivity index (χ1) is 34.8. The molecular weight excluding hydrogens is 906 g/mol. The van der Waals surface area contributed by atoms with E-state index >= 15 is 0 Å². The van der Waals surface area contributed by atoms with Gasteiger partial charge in [0.05, 0.1) is 13.2 Å². The summed E-state index contributed by atoms with van der Waals surface area (Å²) in [5, 5.41) is 0. The average molecular weight is 1020 g/mol. The van der Waals surface area contributed by atoms with E-state index in [0.717, 1.165) is 64.2 Å². The predicted octanol–water partition coefficient (Wildman–Crippen LogP) is 18.7. The number of phosphoric ester groups is 1. The topological polar surface area (TPSA) is 134 Å². The third-order valence-corrected chi connectivity index (χ3v) is 13.9. The summed E-state index contributed by atoms with van der Waals surface area (Å²) in [6, 6.07) is 0. The molecule has 3 N–H and O–H groups in total. The van der Waals surface area contributed by atoms with Crippen LogP contribution in [-0.2, 0) is 32.7 Å². The molecule has 0 aliphatic carbocycles. The zero-order chi connectivity index (χ0) is 51.7. The highest BCUT2D eigenvalue weighted by Gasteiger charge is 2.26. The summed E-state index contributed by atoms with van der Waals surface area (Å²) in [6.45, 7) is 3.63. The van der Waals surface area contributed by atoms with Gasteiger partial charge in [0.1, 0.15) is 6.61 Å². The lowest BCUT2D eigenvalue weighted by molar-refractivity contribution is -0.161. The molecule has 0 saturated carbocycles. The van der Waals surface area contributed by atoms with E-state index in [0.29, 0.717) is 6.42 Å². The van der Waals surface area contributed by atoms with Crippen LogP contribution in [0.5, 0.6) is 0 Å². The number of phosphoric acid groups is 1. The van der Waals surface area contributed by atoms with Gasteiger partial charge in [-0.1, -0.05) is 274 Å². The lowest BCUT2D eigenvalue weighted by Crippen LogP contribution is -2.29. The Morgan fingerprint density at radius 3 is 1.15 bits per heavy atom. The summed E-state index contributed by atoms with van der Waals surface area (Å²) in [5.74, 6) is -0.819. The van der Waals surface area contributed by atoms with E-state index in [1.165, 1.54) is 186 Å². The highest BCUT2D eigenvalue weighted by Crippen LogP contribution is 2.43. The number of carbonyl (C=O) groups is 2. The molecule has 0 amide bonds. The fourth-order valence-corrected chi connectivity index (χ4v) is 9.31. The number of ether oxygens (including phenoxy) is 2. The van der Waals surface area contributed by atoms with Crippen molar-refractivity contribution in [1.82, 2.24) is 0 Å². The zero-order valence-corrected chi connectivity index (χ0v) is 47.1. The Hall–Kier alpha value is -2.29. The van der Waals surface area contributed by atoms with Crippen molar-refractivity contribution in [1.29, 1.82) is 0 Å². The average Bonchev–Trinajstić information content (AvgIpc) is 3.36. The van der Waals surface area contributed by atoms with Crippen LogP contribution < -0.4 is 5.73 Å². The molecule has 0 saturated heterocycles. The third-order valence-electron chi connectivity index (χ3n) is 12.9. The molecule has 2 atom stereocenters. The Balaban J connectivity index is 3.68. The number of hydrogen-bond acceptors (Lipinski definition) is 8. The molecule has 0 aromatic carbocycles. The van der Waals surface area contributed by atoms with Gasteiger partial charge in [0.2, 0.25) is 0 Å². The normalized spacial score (nSPS) is 13.5. The lowest BCUT2D eigenvalue weighted by atomic mass is 10.0. The number of esters is 2. The van der Waals surface area contributed by atoms with E-state index < -0.39 is 26.5 Å². The van der Waals surface area contributed by atoms with Crippen molar-refractivity contribution in [2.75, 3.05) is 26.4 Å². The van der Waals surface area contributed by atoms with Crippen molar-refractivity contribution in [2.24, 2.45) is 5.73 Å². The van der Waals surface area contributed by atoms with Crippen LogP contribution in [0.1, 0.15) is 284 Å². The van der Waals surface area contributed by atoms with Crippen molar-refractivity contribution >= 4 is 19.8 Å². The lowest BCUT2D eigenvalue weighted by Gasteiger charge is -2.19. The van der Waals surface area contributed by atoms with Gasteiger partial charge in [0.15, 0.2) is 6.10 Å². The zero-order valence-electron chi connectivity index (χ0n) is 46.2. The van der Waals surface area contributed by atoms with Gasteiger partial charge in [-0.2, -0.15) is 0 Å². The summed E-state index contributed by atoms with van der Waals surface area (Å²) in [7, 11) is -4.37. The van der Waals surface area contributed by atoms with Crippen LogP contribution in [-0.4, -0.2) is 49.3 Å². The molecule has 71 heavy (non-hydrogen) atoms. The molecule has 0 aromatic rings. The van der Waals surface area contributed by atoms with Gasteiger partial charge < -0.3 is 20.1 Å². The van der Waals surface area contributed by atoms with E-state index in [2.05, 4.69) is 74.6 Å². The van der Waals surface area contributed by atoms with Gasteiger partial charge in [0.25, 0.3) is 0 Å². The molecule has 0 radical (unpaired) electrons. The van der Waals surface area contributed by atoms with Gasteiger partial charge in [-0.25, -0.2) is 4.57 Å². The van der Waals surface area contributed by atoms with Gasteiger partial charge in [-0.3, -0.25) is 18.6 Å². The summed E-state index contributed by atoms with van der Waals surface area (Å²) in [5.41, 5.74) is 5.36. The highest BCUT2D eigenvalue weighted by molar-refractivity contribution is 7.47. The van der Waals surface area contributed by atoms with Crippen LogP contribution in [0.2, 0.25) is 0 Å². The minimum absolute atomic E-state index is 0.0554. The number of nitrogens with two attached hydrogens (primary N) is 1. The molecule has 0 rings (SSSR count). The molecule has 0 aliphatic rings. The molecule has 414 valence electrons. The second-order valence-corrected chi connectivity index (χ2v) is 21.3. The number of unbranched alkanes of at least 4 members (excludes halogenated alkanes) is 33. The van der Waals surface area contributed by atoms with E-state index in [4.69, 9.17) is 24.3 Å². The van der Waals surface area contributed by atoms with E-state index in [9.17, 15) is 19.0 Å². The van der Waals surface area contributed by atoms with Gasteiger partial charge in [-0.05, 0) is 57.8 Å². The van der Waals surface area contributed by atoms with Crippen molar-refractivity contribution in [3.63, 3.8) is 0 Å². The Morgan fingerprint density at radius 1 is 0.437 bits per heavy atom. The van der Waals surface area contributed by atoms with Gasteiger partial charge in [-0.15, -0.1) is 0 Å². The maximum atomic E-state index is 12.6. The molecule has 0 heterocycles. The molecule has 0 aliphatic heterocycles. The quantitative estimate of drug-likeness (QED) is 0.0264. The van der Waals surface area contributed by atoms with E-state index in [-0.39, 0.29) is 38.6 Å². The molecule has 0 spiro atoms. The van der Waals surface area contributed by atoms with E-state index in [1.54, 1.807) is 0 Å². The molecule has 9 nitrogen and oxygen atoms in total. The van der Waals surface area contributed by atoms with Crippen molar-refractivity contribution in [3.05, 3.63) is 60.8 Å². The summed E-state index contributed by atoms with van der Waals surface area (Å²) in [4.78, 5) is 34.9. The number of hydrogen-bond donors (Lipinski definition) is 2. The Bertz CT molecular complexity index is 1350. The van der Waals surface area contributed by atoms with Crippen LogP contribution in [0.25, 0.3) is 0 Å². The number of carbonyl (C=O) groups excluding carboxylic acids is 2.